The fourth-order valence-electron chi connectivity index (χ4n) is 3.26. The monoisotopic (exact) mass is 450 g/mol. The Hall–Kier alpha value is -2.72. The van der Waals surface area contributed by atoms with Crippen molar-refractivity contribution >= 4 is 27.4 Å². The van der Waals surface area contributed by atoms with Crippen LogP contribution in [0.2, 0.25) is 0 Å². The number of halogens is 1. The molecule has 2 aromatic rings. The molecule has 0 saturated carbocycles. The average molecular weight is 451 g/mol. The van der Waals surface area contributed by atoms with Crippen LogP contribution in [0, 0.1) is 12.7 Å². The van der Waals surface area contributed by atoms with Gasteiger partial charge in [0.25, 0.3) is 0 Å². The Balaban J connectivity index is 1.65. The molecule has 2 amide bonds. The molecule has 1 aromatic carbocycles. The molecule has 2 N–H and O–H groups in total. The number of sulfonamides is 1. The van der Waals surface area contributed by atoms with Crippen LogP contribution in [0.5, 0.6) is 5.75 Å². The standard InChI is InChI=1S/C21H27FN4O4S/c1-14(2)31(28,29)26-8-4-5-19(13-26)30-20-10-16(22)9-18(11-20)25-21(27)24-17-7-6-15(3)23-12-17/h6-7,9-12,14,19H,4-5,8,13H2,1-3H3,(H2,24,25,27)/t19-/m1/s1. The van der Waals surface area contributed by atoms with Crippen LogP contribution in [0.1, 0.15) is 32.4 Å². The smallest absolute Gasteiger partial charge is 0.323 e. The number of amides is 2. The quantitative estimate of drug-likeness (QED) is 0.698. The molecule has 0 unspecified atom stereocenters. The van der Waals surface area contributed by atoms with Gasteiger partial charge >= 0.3 is 6.03 Å². The van der Waals surface area contributed by atoms with E-state index in [0.29, 0.717) is 25.1 Å². The van der Waals surface area contributed by atoms with Crippen LogP contribution in [0.4, 0.5) is 20.6 Å². The number of ether oxygens (including phenoxy) is 1. The minimum Gasteiger partial charge on any atom is -0.489 e. The molecular formula is C21H27FN4O4S. The van der Waals surface area contributed by atoms with Gasteiger partial charge < -0.3 is 15.4 Å². The SMILES string of the molecule is Cc1ccc(NC(=O)Nc2cc(F)cc(O[C@@H]3CCCN(S(=O)(=O)C(C)C)C3)c2)cn1. The zero-order valence-corrected chi connectivity index (χ0v) is 18.6. The number of aromatic nitrogens is 1. The van der Waals surface area contributed by atoms with E-state index in [0.717, 1.165) is 5.69 Å². The minimum atomic E-state index is -3.38. The third-order valence-corrected chi connectivity index (χ3v) is 7.14. The van der Waals surface area contributed by atoms with Crippen LogP contribution < -0.4 is 15.4 Å². The molecule has 1 saturated heterocycles. The number of aryl methyl sites for hydroxylation is 1. The Labute approximate surface area is 181 Å². The van der Waals surface area contributed by atoms with Gasteiger partial charge in [-0.05, 0) is 51.8 Å². The van der Waals surface area contributed by atoms with Crippen molar-refractivity contribution in [2.24, 2.45) is 0 Å². The molecule has 10 heteroatoms. The first-order chi connectivity index (χ1) is 14.6. The summed E-state index contributed by atoms with van der Waals surface area (Å²) in [5, 5.41) is 4.67. The maximum Gasteiger partial charge on any atom is 0.323 e. The van der Waals surface area contributed by atoms with E-state index in [1.807, 2.05) is 6.92 Å². The molecule has 2 heterocycles. The maximum atomic E-state index is 14.1. The van der Waals surface area contributed by atoms with Gasteiger partial charge in [0.05, 0.1) is 23.7 Å². The van der Waals surface area contributed by atoms with Crippen molar-refractivity contribution in [2.45, 2.75) is 45.0 Å². The summed E-state index contributed by atoms with van der Waals surface area (Å²) < 4.78 is 46.3. The molecule has 8 nitrogen and oxygen atoms in total. The normalized spacial score (nSPS) is 17.4. The predicted molar refractivity (Wildman–Crippen MR) is 117 cm³/mol. The van der Waals surface area contributed by atoms with Gasteiger partial charge in [-0.3, -0.25) is 4.98 Å². The summed E-state index contributed by atoms with van der Waals surface area (Å²) in [7, 11) is -3.38. The molecule has 3 rings (SSSR count). The number of benzene rings is 1. The molecule has 1 aromatic heterocycles. The van der Waals surface area contributed by atoms with E-state index in [1.165, 1.54) is 28.7 Å². The molecule has 0 spiro atoms. The lowest BCUT2D eigenvalue weighted by Crippen LogP contribution is -2.46. The number of anilines is 2. The first kappa shape index (κ1) is 23.0. The van der Waals surface area contributed by atoms with Crippen LogP contribution >= 0.6 is 0 Å². The molecule has 1 aliphatic heterocycles. The van der Waals surface area contributed by atoms with Crippen molar-refractivity contribution in [1.29, 1.82) is 0 Å². The molecule has 0 radical (unpaired) electrons. The molecular weight excluding hydrogens is 423 g/mol. The van der Waals surface area contributed by atoms with Crippen molar-refractivity contribution in [3.63, 3.8) is 0 Å². The van der Waals surface area contributed by atoms with E-state index in [9.17, 15) is 17.6 Å². The van der Waals surface area contributed by atoms with Crippen LogP contribution in [0.25, 0.3) is 0 Å². The summed E-state index contributed by atoms with van der Waals surface area (Å²) in [5.41, 5.74) is 1.54. The van der Waals surface area contributed by atoms with Crippen LogP contribution in [0.15, 0.2) is 36.5 Å². The van der Waals surface area contributed by atoms with Crippen molar-refractivity contribution in [3.05, 3.63) is 48.0 Å². The second-order valence-electron chi connectivity index (χ2n) is 7.78. The van der Waals surface area contributed by atoms with E-state index >= 15 is 0 Å². The molecule has 1 fully saturated rings. The third-order valence-electron chi connectivity index (χ3n) is 4.90. The number of hydrogen-bond donors (Lipinski definition) is 2. The first-order valence-electron chi connectivity index (χ1n) is 10.1. The van der Waals surface area contributed by atoms with Crippen molar-refractivity contribution in [1.82, 2.24) is 9.29 Å². The third kappa shape index (κ3) is 6.14. The molecule has 168 valence electrons. The number of nitrogens with one attached hydrogen (secondary N) is 2. The molecule has 1 atom stereocenters. The van der Waals surface area contributed by atoms with Gasteiger partial charge in [0.1, 0.15) is 17.7 Å². The van der Waals surface area contributed by atoms with Gasteiger partial charge in [-0.1, -0.05) is 0 Å². The van der Waals surface area contributed by atoms with Crippen molar-refractivity contribution in [3.8, 4) is 5.75 Å². The summed E-state index contributed by atoms with van der Waals surface area (Å²) in [5.74, 6) is -0.353. The Kier molecular flexibility index (Phi) is 7.11. The second kappa shape index (κ2) is 9.61. The zero-order chi connectivity index (χ0) is 22.6. The number of hydrogen-bond acceptors (Lipinski definition) is 5. The predicted octanol–water partition coefficient (Wildman–Crippen LogP) is 3.75. The lowest BCUT2D eigenvalue weighted by Gasteiger charge is -2.33. The Bertz CT molecular complexity index is 1030. The van der Waals surface area contributed by atoms with Crippen molar-refractivity contribution < 1.29 is 22.3 Å². The van der Waals surface area contributed by atoms with Crippen LogP contribution in [0.3, 0.4) is 0 Å². The number of carbonyl (C=O) groups excluding carboxylic acids is 1. The number of carbonyl (C=O) groups is 1. The highest BCUT2D eigenvalue weighted by Gasteiger charge is 2.32. The Morgan fingerprint density at radius 2 is 1.97 bits per heavy atom. The summed E-state index contributed by atoms with van der Waals surface area (Å²) in [6.45, 7) is 5.77. The van der Waals surface area contributed by atoms with Crippen molar-refractivity contribution in [2.75, 3.05) is 23.7 Å². The highest BCUT2D eigenvalue weighted by atomic mass is 32.2. The topological polar surface area (TPSA) is 101 Å². The summed E-state index contributed by atoms with van der Waals surface area (Å²) in [6, 6.07) is 6.82. The van der Waals surface area contributed by atoms with Gasteiger partial charge in [-0.25, -0.2) is 17.6 Å². The van der Waals surface area contributed by atoms with E-state index in [-0.39, 0.29) is 18.0 Å². The molecule has 31 heavy (non-hydrogen) atoms. The maximum absolute atomic E-state index is 14.1. The average Bonchev–Trinajstić information content (AvgIpc) is 2.69. The second-order valence-corrected chi connectivity index (χ2v) is 10.3. The fraction of sp³-hybridized carbons (Fsp3) is 0.429. The fourth-order valence-corrected chi connectivity index (χ4v) is 4.61. The summed E-state index contributed by atoms with van der Waals surface area (Å²) in [6.07, 6.45) is 2.44. The van der Waals surface area contributed by atoms with E-state index in [4.69, 9.17) is 4.74 Å². The number of urea groups is 1. The number of pyridine rings is 1. The Morgan fingerprint density at radius 3 is 2.65 bits per heavy atom. The first-order valence-corrected chi connectivity index (χ1v) is 11.6. The molecule has 0 bridgehead atoms. The van der Waals surface area contributed by atoms with Gasteiger partial charge in [0.2, 0.25) is 10.0 Å². The lowest BCUT2D eigenvalue weighted by atomic mass is 10.1. The number of nitrogens with zero attached hydrogens (tertiary/aromatic N) is 2. The lowest BCUT2D eigenvalue weighted by molar-refractivity contribution is 0.129. The van der Waals surface area contributed by atoms with Gasteiger partial charge in [-0.2, -0.15) is 4.31 Å². The van der Waals surface area contributed by atoms with Gasteiger partial charge in [0.15, 0.2) is 0 Å². The van der Waals surface area contributed by atoms with Gasteiger partial charge in [-0.15, -0.1) is 0 Å². The highest BCUT2D eigenvalue weighted by molar-refractivity contribution is 7.89. The minimum absolute atomic E-state index is 0.209. The summed E-state index contributed by atoms with van der Waals surface area (Å²) >= 11 is 0. The molecule has 1 aliphatic rings. The number of rotatable bonds is 6. The number of piperidine rings is 1. The van der Waals surface area contributed by atoms with E-state index in [2.05, 4.69) is 15.6 Å². The van der Waals surface area contributed by atoms with E-state index in [1.54, 1.807) is 26.0 Å². The summed E-state index contributed by atoms with van der Waals surface area (Å²) in [4.78, 5) is 16.3. The van der Waals surface area contributed by atoms with Crippen LogP contribution in [-0.4, -0.2) is 48.2 Å². The van der Waals surface area contributed by atoms with Gasteiger partial charge in [0, 0.05) is 30.1 Å². The highest BCUT2D eigenvalue weighted by Crippen LogP contribution is 2.25. The molecule has 0 aliphatic carbocycles. The van der Waals surface area contributed by atoms with E-state index < -0.39 is 33.2 Å². The van der Waals surface area contributed by atoms with Crippen LogP contribution in [-0.2, 0) is 10.0 Å². The Morgan fingerprint density at radius 1 is 1.23 bits per heavy atom. The zero-order valence-electron chi connectivity index (χ0n) is 17.8. The largest absolute Gasteiger partial charge is 0.489 e.